The Morgan fingerprint density at radius 2 is 1.76 bits per heavy atom. The second-order valence-corrected chi connectivity index (χ2v) is 7.52. The number of benzene rings is 1. The summed E-state index contributed by atoms with van der Waals surface area (Å²) in [5.74, 6) is 0.554. The highest BCUT2D eigenvalue weighted by molar-refractivity contribution is 5.77. The second kappa shape index (κ2) is 5.80. The molecule has 0 fully saturated rings. The molecule has 1 unspecified atom stereocenters. The van der Waals surface area contributed by atoms with E-state index in [-0.39, 0.29) is 5.54 Å². The van der Waals surface area contributed by atoms with Crippen LogP contribution in [0, 0.1) is 19.8 Å². The van der Waals surface area contributed by atoms with Gasteiger partial charge in [0.05, 0.1) is 17.4 Å². The molecule has 0 aliphatic rings. The first-order chi connectivity index (χ1) is 9.69. The van der Waals surface area contributed by atoms with Crippen molar-refractivity contribution in [3.63, 3.8) is 0 Å². The minimum atomic E-state index is 0.135. The Morgan fingerprint density at radius 3 is 2.33 bits per heavy atom. The minimum absolute atomic E-state index is 0.135. The quantitative estimate of drug-likeness (QED) is 0.911. The molecule has 2 rings (SSSR count). The lowest BCUT2D eigenvalue weighted by atomic mass is 10.0. The molecule has 2 aromatic rings. The van der Waals surface area contributed by atoms with Gasteiger partial charge in [-0.25, -0.2) is 4.98 Å². The normalized spacial score (nSPS) is 14.1. The van der Waals surface area contributed by atoms with E-state index in [1.807, 2.05) is 6.33 Å². The van der Waals surface area contributed by atoms with Crippen LogP contribution in [0.3, 0.4) is 0 Å². The zero-order chi connectivity index (χ0) is 15.8. The van der Waals surface area contributed by atoms with E-state index in [0.717, 1.165) is 12.1 Å². The molecule has 21 heavy (non-hydrogen) atoms. The predicted molar refractivity (Wildman–Crippen MR) is 90.8 cm³/mol. The summed E-state index contributed by atoms with van der Waals surface area (Å²) < 4.78 is 2.34. The third-order valence-corrected chi connectivity index (χ3v) is 4.16. The minimum Gasteiger partial charge on any atom is -0.326 e. The highest BCUT2D eigenvalue weighted by Crippen LogP contribution is 2.25. The molecule has 0 spiro atoms. The molecule has 0 saturated carbocycles. The monoisotopic (exact) mass is 287 g/mol. The molecule has 1 atom stereocenters. The molecule has 0 bridgehead atoms. The third kappa shape index (κ3) is 3.65. The first kappa shape index (κ1) is 16.0. The maximum atomic E-state index is 4.60. The van der Waals surface area contributed by atoms with E-state index in [2.05, 4.69) is 75.5 Å². The Labute approximate surface area is 128 Å². The second-order valence-electron chi connectivity index (χ2n) is 7.52. The van der Waals surface area contributed by atoms with Crippen LogP contribution in [0.5, 0.6) is 0 Å². The van der Waals surface area contributed by atoms with Crippen LogP contribution < -0.4 is 5.32 Å². The summed E-state index contributed by atoms with van der Waals surface area (Å²) in [5.41, 5.74) is 5.11. The van der Waals surface area contributed by atoms with E-state index in [1.54, 1.807) is 0 Å². The molecule has 0 aliphatic heterocycles. The maximum absolute atomic E-state index is 4.60. The number of nitrogens with one attached hydrogen (secondary N) is 1. The Bertz CT molecular complexity index is 617. The van der Waals surface area contributed by atoms with E-state index in [9.17, 15) is 0 Å². The summed E-state index contributed by atoms with van der Waals surface area (Å²) in [4.78, 5) is 4.60. The molecule has 1 heterocycles. The standard InChI is InChI=1S/C18H29N3/c1-12(2)17(10-20-18(5,6)7)21-11-19-15-8-13(3)14(4)9-16(15)21/h8-9,11-12,17,20H,10H2,1-7H3. The largest absolute Gasteiger partial charge is 0.326 e. The van der Waals surface area contributed by atoms with Gasteiger partial charge in [0, 0.05) is 18.1 Å². The fraction of sp³-hybridized carbons (Fsp3) is 0.611. The molecule has 0 saturated heterocycles. The van der Waals surface area contributed by atoms with Crippen molar-refractivity contribution in [2.45, 2.75) is 60.0 Å². The predicted octanol–water partition coefficient (Wildman–Crippen LogP) is 4.24. The van der Waals surface area contributed by atoms with Gasteiger partial charge in [0.1, 0.15) is 0 Å². The molecule has 1 aromatic heterocycles. The summed E-state index contributed by atoms with van der Waals surface area (Å²) in [6.45, 7) is 16.5. The first-order valence-electron chi connectivity index (χ1n) is 7.88. The smallest absolute Gasteiger partial charge is 0.0961 e. The van der Waals surface area contributed by atoms with Crippen molar-refractivity contribution < 1.29 is 0 Å². The molecule has 116 valence electrons. The number of aromatic nitrogens is 2. The van der Waals surface area contributed by atoms with E-state index in [4.69, 9.17) is 0 Å². The average molecular weight is 287 g/mol. The van der Waals surface area contributed by atoms with Crippen LogP contribution in [0.2, 0.25) is 0 Å². The van der Waals surface area contributed by atoms with Crippen molar-refractivity contribution in [1.82, 2.24) is 14.9 Å². The van der Waals surface area contributed by atoms with Gasteiger partial charge in [0.15, 0.2) is 0 Å². The van der Waals surface area contributed by atoms with Gasteiger partial charge in [-0.3, -0.25) is 0 Å². The van der Waals surface area contributed by atoms with Crippen LogP contribution >= 0.6 is 0 Å². The molecule has 3 heteroatoms. The lowest BCUT2D eigenvalue weighted by Gasteiger charge is -2.29. The van der Waals surface area contributed by atoms with Crippen molar-refractivity contribution in [3.8, 4) is 0 Å². The van der Waals surface area contributed by atoms with Gasteiger partial charge in [0.25, 0.3) is 0 Å². The van der Waals surface area contributed by atoms with E-state index in [0.29, 0.717) is 12.0 Å². The Kier molecular flexibility index (Phi) is 4.43. The van der Waals surface area contributed by atoms with Gasteiger partial charge >= 0.3 is 0 Å². The number of hydrogen-bond acceptors (Lipinski definition) is 2. The number of aryl methyl sites for hydroxylation is 2. The van der Waals surface area contributed by atoms with Gasteiger partial charge in [-0.15, -0.1) is 0 Å². The summed E-state index contributed by atoms with van der Waals surface area (Å²) in [5, 5.41) is 3.63. The van der Waals surface area contributed by atoms with Crippen LogP contribution in [0.15, 0.2) is 18.5 Å². The molecule has 3 nitrogen and oxygen atoms in total. The average Bonchev–Trinajstić information content (AvgIpc) is 2.71. The molecule has 0 amide bonds. The Morgan fingerprint density at radius 1 is 1.14 bits per heavy atom. The summed E-state index contributed by atoms with van der Waals surface area (Å²) >= 11 is 0. The van der Waals surface area contributed by atoms with Gasteiger partial charge < -0.3 is 9.88 Å². The number of imidazole rings is 1. The van der Waals surface area contributed by atoms with Crippen LogP contribution in [0.1, 0.15) is 51.8 Å². The third-order valence-electron chi connectivity index (χ3n) is 4.16. The summed E-state index contributed by atoms with van der Waals surface area (Å²) in [6, 6.07) is 4.87. The lowest BCUT2D eigenvalue weighted by molar-refractivity contribution is 0.316. The molecule has 0 aliphatic carbocycles. The number of nitrogens with zero attached hydrogens (tertiary/aromatic N) is 2. The molecule has 1 aromatic carbocycles. The Hall–Kier alpha value is -1.35. The number of rotatable bonds is 4. The van der Waals surface area contributed by atoms with Crippen molar-refractivity contribution in [2.24, 2.45) is 5.92 Å². The van der Waals surface area contributed by atoms with E-state index in [1.165, 1.54) is 16.6 Å². The molecule has 0 radical (unpaired) electrons. The van der Waals surface area contributed by atoms with Gasteiger partial charge in [-0.1, -0.05) is 13.8 Å². The zero-order valence-electron chi connectivity index (χ0n) is 14.5. The van der Waals surface area contributed by atoms with E-state index < -0.39 is 0 Å². The van der Waals surface area contributed by atoms with Gasteiger partial charge in [-0.2, -0.15) is 0 Å². The van der Waals surface area contributed by atoms with Crippen LogP contribution in [0.25, 0.3) is 11.0 Å². The summed E-state index contributed by atoms with van der Waals surface area (Å²) in [7, 11) is 0. The van der Waals surface area contributed by atoms with Crippen LogP contribution in [-0.2, 0) is 0 Å². The van der Waals surface area contributed by atoms with Crippen LogP contribution in [-0.4, -0.2) is 21.6 Å². The van der Waals surface area contributed by atoms with Gasteiger partial charge in [-0.05, 0) is 63.8 Å². The van der Waals surface area contributed by atoms with Crippen molar-refractivity contribution in [1.29, 1.82) is 0 Å². The Balaban J connectivity index is 2.39. The maximum Gasteiger partial charge on any atom is 0.0961 e. The molecular formula is C18H29N3. The zero-order valence-corrected chi connectivity index (χ0v) is 14.5. The number of hydrogen-bond donors (Lipinski definition) is 1. The fourth-order valence-corrected chi connectivity index (χ4v) is 2.61. The SMILES string of the molecule is Cc1cc2ncn(C(CNC(C)(C)C)C(C)C)c2cc1C. The first-order valence-corrected chi connectivity index (χ1v) is 7.88. The van der Waals surface area contributed by atoms with Crippen molar-refractivity contribution in [3.05, 3.63) is 29.6 Å². The highest BCUT2D eigenvalue weighted by Gasteiger charge is 2.20. The lowest BCUT2D eigenvalue weighted by Crippen LogP contribution is -2.40. The number of fused-ring (bicyclic) bond motifs is 1. The fourth-order valence-electron chi connectivity index (χ4n) is 2.61. The topological polar surface area (TPSA) is 29.9 Å². The van der Waals surface area contributed by atoms with E-state index >= 15 is 0 Å². The van der Waals surface area contributed by atoms with Crippen LogP contribution in [0.4, 0.5) is 0 Å². The van der Waals surface area contributed by atoms with Crippen molar-refractivity contribution in [2.75, 3.05) is 6.54 Å². The summed E-state index contributed by atoms with van der Waals surface area (Å²) in [6.07, 6.45) is 2.00. The van der Waals surface area contributed by atoms with Crippen molar-refractivity contribution >= 4 is 11.0 Å². The molecular weight excluding hydrogens is 258 g/mol. The molecule has 1 N–H and O–H groups in total. The highest BCUT2D eigenvalue weighted by atomic mass is 15.1. The van der Waals surface area contributed by atoms with Gasteiger partial charge in [0.2, 0.25) is 0 Å².